The summed E-state index contributed by atoms with van der Waals surface area (Å²) < 4.78 is 0. The van der Waals surface area contributed by atoms with E-state index in [1.54, 1.807) is 0 Å². The first-order valence-electron chi connectivity index (χ1n) is 8.50. The first-order valence-corrected chi connectivity index (χ1v) is 8.91. The first kappa shape index (κ1) is 18.7. The van der Waals surface area contributed by atoms with Crippen molar-refractivity contribution in [2.24, 2.45) is 0 Å². The lowest BCUT2D eigenvalue weighted by Gasteiger charge is -2.36. The summed E-state index contributed by atoms with van der Waals surface area (Å²) >= 11 is 5.41. The van der Waals surface area contributed by atoms with Gasteiger partial charge in [0.1, 0.15) is 0 Å². The Bertz CT molecular complexity index is 595. The van der Waals surface area contributed by atoms with E-state index in [4.69, 9.17) is 12.2 Å². The second-order valence-electron chi connectivity index (χ2n) is 6.66. The molecule has 1 aliphatic heterocycles. The van der Waals surface area contributed by atoms with Crippen molar-refractivity contribution in [1.82, 2.24) is 15.1 Å². The molecule has 1 aromatic rings. The lowest BCUT2D eigenvalue weighted by atomic mass is 10.1. The average Bonchev–Trinajstić information content (AvgIpc) is 2.52. The maximum absolute atomic E-state index is 12.3. The molecule has 0 unspecified atom stereocenters. The molecule has 1 aromatic carbocycles. The highest BCUT2D eigenvalue weighted by atomic mass is 32.1. The zero-order valence-electron chi connectivity index (χ0n) is 15.1. The van der Waals surface area contributed by atoms with Crippen molar-refractivity contribution in [3.05, 3.63) is 29.3 Å². The lowest BCUT2D eigenvalue weighted by Crippen LogP contribution is -2.53. The van der Waals surface area contributed by atoms with E-state index in [9.17, 15) is 4.79 Å². The Balaban J connectivity index is 1.80. The molecule has 0 radical (unpaired) electrons. The highest BCUT2D eigenvalue weighted by molar-refractivity contribution is 7.80. The van der Waals surface area contributed by atoms with E-state index in [-0.39, 0.29) is 5.91 Å². The number of benzene rings is 1. The topological polar surface area (TPSA) is 47.6 Å². The van der Waals surface area contributed by atoms with E-state index >= 15 is 0 Å². The minimum absolute atomic E-state index is 0.0417. The molecule has 0 bridgehead atoms. The van der Waals surface area contributed by atoms with Crippen LogP contribution in [0, 0.1) is 13.8 Å². The predicted molar refractivity (Wildman–Crippen MR) is 103 cm³/mol. The van der Waals surface area contributed by atoms with Crippen molar-refractivity contribution in [3.8, 4) is 0 Å². The SMILES string of the molecule is Cc1cccc(NC(=O)CN2CCN(C(=S)NC(C)C)CC2)c1C. The Labute approximate surface area is 150 Å². The summed E-state index contributed by atoms with van der Waals surface area (Å²) in [6, 6.07) is 6.32. The summed E-state index contributed by atoms with van der Waals surface area (Å²) in [5.41, 5.74) is 3.22. The Morgan fingerprint density at radius 3 is 2.50 bits per heavy atom. The number of nitrogens with one attached hydrogen (secondary N) is 2. The molecule has 1 amide bonds. The van der Waals surface area contributed by atoms with Gasteiger partial charge in [0, 0.05) is 37.9 Å². The molecule has 5 nitrogen and oxygen atoms in total. The maximum atomic E-state index is 12.3. The molecular weight excluding hydrogens is 320 g/mol. The Hall–Kier alpha value is -1.66. The molecular formula is C18H28N4OS. The largest absolute Gasteiger partial charge is 0.360 e. The number of carbonyl (C=O) groups is 1. The van der Waals surface area contributed by atoms with Crippen LogP contribution in [0.25, 0.3) is 0 Å². The average molecular weight is 349 g/mol. The number of anilines is 1. The van der Waals surface area contributed by atoms with Crippen LogP contribution < -0.4 is 10.6 Å². The number of carbonyl (C=O) groups excluding carboxylic acids is 1. The summed E-state index contributed by atoms with van der Waals surface area (Å²) in [6.45, 7) is 12.1. The van der Waals surface area contributed by atoms with Gasteiger partial charge in [0.15, 0.2) is 5.11 Å². The van der Waals surface area contributed by atoms with Crippen LogP contribution in [0.1, 0.15) is 25.0 Å². The quantitative estimate of drug-likeness (QED) is 0.817. The van der Waals surface area contributed by atoms with Crippen LogP contribution in [-0.4, -0.2) is 59.6 Å². The smallest absolute Gasteiger partial charge is 0.238 e. The zero-order valence-corrected chi connectivity index (χ0v) is 15.9. The number of thiocarbonyl (C=S) groups is 1. The number of hydrogen-bond acceptors (Lipinski definition) is 3. The van der Waals surface area contributed by atoms with Gasteiger partial charge in [-0.05, 0) is 57.1 Å². The molecule has 0 saturated carbocycles. The van der Waals surface area contributed by atoms with Gasteiger partial charge >= 0.3 is 0 Å². The molecule has 6 heteroatoms. The molecule has 2 N–H and O–H groups in total. The summed E-state index contributed by atoms with van der Waals surface area (Å²) in [4.78, 5) is 16.7. The fraction of sp³-hybridized carbons (Fsp3) is 0.556. The maximum Gasteiger partial charge on any atom is 0.238 e. The third-order valence-electron chi connectivity index (χ3n) is 4.32. The van der Waals surface area contributed by atoms with Crippen LogP contribution >= 0.6 is 12.2 Å². The highest BCUT2D eigenvalue weighted by Crippen LogP contribution is 2.17. The second kappa shape index (κ2) is 8.44. The summed E-state index contributed by atoms with van der Waals surface area (Å²) in [5, 5.41) is 7.11. The molecule has 0 spiro atoms. The highest BCUT2D eigenvalue weighted by Gasteiger charge is 2.21. The van der Waals surface area contributed by atoms with Gasteiger partial charge in [-0.3, -0.25) is 9.69 Å². The Morgan fingerprint density at radius 2 is 1.88 bits per heavy atom. The normalized spacial score (nSPS) is 15.5. The third kappa shape index (κ3) is 5.18. The second-order valence-corrected chi connectivity index (χ2v) is 7.05. The van der Waals surface area contributed by atoms with Crippen LogP contribution in [-0.2, 0) is 4.79 Å². The van der Waals surface area contributed by atoms with Gasteiger partial charge in [0.2, 0.25) is 5.91 Å². The summed E-state index contributed by atoms with van der Waals surface area (Å²) in [6.07, 6.45) is 0. The van der Waals surface area contributed by atoms with Gasteiger partial charge in [-0.15, -0.1) is 0 Å². The van der Waals surface area contributed by atoms with Crippen molar-refractivity contribution in [2.45, 2.75) is 33.7 Å². The van der Waals surface area contributed by atoms with E-state index in [2.05, 4.69) is 47.3 Å². The van der Waals surface area contributed by atoms with Crippen molar-refractivity contribution in [2.75, 3.05) is 38.0 Å². The molecule has 0 aliphatic carbocycles. The number of nitrogens with zero attached hydrogens (tertiary/aromatic N) is 2. The number of piperazine rings is 1. The lowest BCUT2D eigenvalue weighted by molar-refractivity contribution is -0.117. The Kier molecular flexibility index (Phi) is 6.57. The summed E-state index contributed by atoms with van der Waals surface area (Å²) in [7, 11) is 0. The minimum atomic E-state index is 0.0417. The molecule has 0 atom stereocenters. The van der Waals surface area contributed by atoms with E-state index in [0.29, 0.717) is 12.6 Å². The van der Waals surface area contributed by atoms with Crippen molar-refractivity contribution < 1.29 is 4.79 Å². The molecule has 1 heterocycles. The third-order valence-corrected chi connectivity index (χ3v) is 4.69. The van der Waals surface area contributed by atoms with Gasteiger partial charge in [-0.2, -0.15) is 0 Å². The van der Waals surface area contributed by atoms with Crippen LogP contribution in [0.4, 0.5) is 5.69 Å². The zero-order chi connectivity index (χ0) is 17.7. The fourth-order valence-electron chi connectivity index (χ4n) is 2.73. The monoisotopic (exact) mass is 348 g/mol. The molecule has 132 valence electrons. The van der Waals surface area contributed by atoms with Crippen LogP contribution in [0.2, 0.25) is 0 Å². The van der Waals surface area contributed by atoms with E-state index < -0.39 is 0 Å². The molecule has 2 rings (SSSR count). The predicted octanol–water partition coefficient (Wildman–Crippen LogP) is 2.14. The van der Waals surface area contributed by atoms with Crippen LogP contribution in [0.5, 0.6) is 0 Å². The van der Waals surface area contributed by atoms with E-state index in [0.717, 1.165) is 42.5 Å². The van der Waals surface area contributed by atoms with Crippen molar-refractivity contribution >= 4 is 28.9 Å². The van der Waals surface area contributed by atoms with Gasteiger partial charge in [0.25, 0.3) is 0 Å². The summed E-state index contributed by atoms with van der Waals surface area (Å²) in [5.74, 6) is 0.0417. The van der Waals surface area contributed by atoms with E-state index in [1.807, 2.05) is 19.1 Å². The standard InChI is InChI=1S/C18H28N4OS/c1-13(2)19-18(24)22-10-8-21(9-11-22)12-17(23)20-16-7-5-6-14(3)15(16)4/h5-7,13H,8-12H2,1-4H3,(H,19,24)(H,20,23). The number of hydrogen-bond donors (Lipinski definition) is 2. The van der Waals surface area contributed by atoms with E-state index in [1.165, 1.54) is 5.56 Å². The first-order chi connectivity index (χ1) is 11.4. The molecule has 1 aliphatic rings. The fourth-order valence-corrected chi connectivity index (χ4v) is 3.14. The Morgan fingerprint density at radius 1 is 1.21 bits per heavy atom. The molecule has 1 saturated heterocycles. The van der Waals surface area contributed by atoms with Gasteiger partial charge in [-0.25, -0.2) is 0 Å². The molecule has 24 heavy (non-hydrogen) atoms. The van der Waals surface area contributed by atoms with Crippen molar-refractivity contribution in [1.29, 1.82) is 0 Å². The van der Waals surface area contributed by atoms with Gasteiger partial charge in [-0.1, -0.05) is 12.1 Å². The van der Waals surface area contributed by atoms with Crippen LogP contribution in [0.3, 0.4) is 0 Å². The van der Waals surface area contributed by atoms with Crippen LogP contribution in [0.15, 0.2) is 18.2 Å². The van der Waals surface area contributed by atoms with Gasteiger partial charge in [0.05, 0.1) is 6.54 Å². The number of rotatable bonds is 4. The van der Waals surface area contributed by atoms with Crippen molar-refractivity contribution in [3.63, 3.8) is 0 Å². The minimum Gasteiger partial charge on any atom is -0.360 e. The molecule has 1 fully saturated rings. The molecule has 0 aromatic heterocycles. The number of aryl methyl sites for hydroxylation is 1. The van der Waals surface area contributed by atoms with Gasteiger partial charge < -0.3 is 15.5 Å². The number of amides is 1.